The summed E-state index contributed by atoms with van der Waals surface area (Å²) in [6.45, 7) is 3.06. The zero-order valence-electron chi connectivity index (χ0n) is 9.97. The van der Waals surface area contributed by atoms with Gasteiger partial charge in [0.1, 0.15) is 5.75 Å². The van der Waals surface area contributed by atoms with Gasteiger partial charge in [-0.15, -0.1) is 0 Å². The summed E-state index contributed by atoms with van der Waals surface area (Å²) in [6.07, 6.45) is 1.61. The Hall–Kier alpha value is -1.69. The van der Waals surface area contributed by atoms with E-state index in [2.05, 4.69) is 15.9 Å². The molecule has 0 spiro atoms. The molecule has 0 N–H and O–H groups in total. The standard InChI is InChI=1S/C12H12BrNO4/c1-3-12(15)18-11-5-4-10(13)7-9(11)6-8(2)14(16)17/h4-7H,3H2,1-2H3/b8-6+. The Labute approximate surface area is 113 Å². The summed E-state index contributed by atoms with van der Waals surface area (Å²) in [4.78, 5) is 21.4. The molecule has 96 valence electrons. The highest BCUT2D eigenvalue weighted by molar-refractivity contribution is 9.10. The molecule has 0 aliphatic heterocycles. The second kappa shape index (κ2) is 6.30. The smallest absolute Gasteiger partial charge is 0.310 e. The minimum Gasteiger partial charge on any atom is -0.426 e. The van der Waals surface area contributed by atoms with Crippen LogP contribution in [-0.2, 0) is 4.79 Å². The Morgan fingerprint density at radius 2 is 2.22 bits per heavy atom. The summed E-state index contributed by atoms with van der Waals surface area (Å²) in [5.74, 6) is -0.0722. The summed E-state index contributed by atoms with van der Waals surface area (Å²) in [6, 6.07) is 4.96. The molecule has 1 aromatic carbocycles. The molecule has 0 aliphatic rings. The Morgan fingerprint density at radius 3 is 2.78 bits per heavy atom. The van der Waals surface area contributed by atoms with Gasteiger partial charge in [0.25, 0.3) is 0 Å². The van der Waals surface area contributed by atoms with E-state index in [9.17, 15) is 14.9 Å². The van der Waals surface area contributed by atoms with Gasteiger partial charge in [0.05, 0.1) is 4.92 Å². The molecule has 18 heavy (non-hydrogen) atoms. The van der Waals surface area contributed by atoms with Crippen molar-refractivity contribution >= 4 is 28.0 Å². The average Bonchev–Trinajstić information content (AvgIpc) is 2.32. The molecule has 1 rings (SSSR count). The minimum absolute atomic E-state index is 0.0260. The molecular weight excluding hydrogens is 302 g/mol. The fourth-order valence-corrected chi connectivity index (χ4v) is 1.58. The third-order valence-corrected chi connectivity index (χ3v) is 2.63. The van der Waals surface area contributed by atoms with Gasteiger partial charge in [-0.25, -0.2) is 0 Å². The topological polar surface area (TPSA) is 69.4 Å². The van der Waals surface area contributed by atoms with Crippen molar-refractivity contribution in [2.75, 3.05) is 0 Å². The lowest BCUT2D eigenvalue weighted by Gasteiger charge is -2.07. The number of nitro groups is 1. The predicted octanol–water partition coefficient (Wildman–Crippen LogP) is 3.40. The number of ether oxygens (including phenoxy) is 1. The highest BCUT2D eigenvalue weighted by Crippen LogP contribution is 2.26. The van der Waals surface area contributed by atoms with Crippen LogP contribution in [0.25, 0.3) is 6.08 Å². The number of halogens is 1. The zero-order chi connectivity index (χ0) is 13.7. The van der Waals surface area contributed by atoms with Crippen LogP contribution in [0.15, 0.2) is 28.4 Å². The summed E-state index contributed by atoms with van der Waals surface area (Å²) in [7, 11) is 0. The Balaban J connectivity index is 3.15. The van der Waals surface area contributed by atoms with E-state index in [-0.39, 0.29) is 18.1 Å². The van der Waals surface area contributed by atoms with Gasteiger partial charge in [-0.1, -0.05) is 22.9 Å². The maximum Gasteiger partial charge on any atom is 0.310 e. The van der Waals surface area contributed by atoms with Crippen LogP contribution in [0, 0.1) is 10.1 Å². The van der Waals surface area contributed by atoms with E-state index < -0.39 is 4.92 Å². The van der Waals surface area contributed by atoms with Crippen LogP contribution in [0.1, 0.15) is 25.8 Å². The van der Waals surface area contributed by atoms with E-state index in [1.165, 1.54) is 13.0 Å². The van der Waals surface area contributed by atoms with E-state index in [0.29, 0.717) is 11.3 Å². The first-order chi connectivity index (χ1) is 8.43. The fourth-order valence-electron chi connectivity index (χ4n) is 1.20. The van der Waals surface area contributed by atoms with E-state index in [1.807, 2.05) is 0 Å². The van der Waals surface area contributed by atoms with Crippen molar-refractivity contribution < 1.29 is 14.5 Å². The van der Waals surface area contributed by atoms with Gasteiger partial charge in [-0.3, -0.25) is 14.9 Å². The first kappa shape index (κ1) is 14.4. The summed E-state index contributed by atoms with van der Waals surface area (Å²) in [5, 5.41) is 10.6. The molecule has 0 fully saturated rings. The van der Waals surface area contributed by atoms with Crippen LogP contribution in [0.2, 0.25) is 0 Å². The Kier molecular flexibility index (Phi) is 5.03. The minimum atomic E-state index is -0.494. The molecule has 0 aliphatic carbocycles. The summed E-state index contributed by atoms with van der Waals surface area (Å²) >= 11 is 3.27. The van der Waals surface area contributed by atoms with Crippen LogP contribution in [-0.4, -0.2) is 10.9 Å². The molecular formula is C12H12BrNO4. The van der Waals surface area contributed by atoms with Crippen molar-refractivity contribution in [3.05, 3.63) is 44.0 Å². The van der Waals surface area contributed by atoms with Gasteiger partial charge < -0.3 is 4.74 Å². The second-order valence-electron chi connectivity index (χ2n) is 3.55. The molecule has 0 unspecified atom stereocenters. The molecule has 0 saturated heterocycles. The van der Waals surface area contributed by atoms with Crippen molar-refractivity contribution in [1.82, 2.24) is 0 Å². The van der Waals surface area contributed by atoms with Gasteiger partial charge in [0.15, 0.2) is 0 Å². The number of carbonyl (C=O) groups excluding carboxylic acids is 1. The molecule has 0 atom stereocenters. The maximum absolute atomic E-state index is 11.2. The van der Waals surface area contributed by atoms with Crippen molar-refractivity contribution in [3.63, 3.8) is 0 Å². The third kappa shape index (κ3) is 3.96. The maximum atomic E-state index is 11.2. The average molecular weight is 314 g/mol. The number of benzene rings is 1. The number of carbonyl (C=O) groups is 1. The van der Waals surface area contributed by atoms with Crippen molar-refractivity contribution in [3.8, 4) is 5.75 Å². The monoisotopic (exact) mass is 313 g/mol. The number of rotatable bonds is 4. The van der Waals surface area contributed by atoms with Crippen LogP contribution in [0.3, 0.4) is 0 Å². The first-order valence-electron chi connectivity index (χ1n) is 5.27. The first-order valence-corrected chi connectivity index (χ1v) is 6.06. The number of esters is 1. The van der Waals surface area contributed by atoms with Crippen LogP contribution in [0.5, 0.6) is 5.75 Å². The molecule has 0 radical (unpaired) electrons. The van der Waals surface area contributed by atoms with E-state index >= 15 is 0 Å². The second-order valence-corrected chi connectivity index (χ2v) is 4.47. The van der Waals surface area contributed by atoms with Crippen molar-refractivity contribution in [1.29, 1.82) is 0 Å². The molecule has 0 aromatic heterocycles. The molecule has 0 heterocycles. The molecule has 0 bridgehead atoms. The van der Waals surface area contributed by atoms with Crippen LogP contribution >= 0.6 is 15.9 Å². The fraction of sp³-hybridized carbons (Fsp3) is 0.250. The Morgan fingerprint density at radius 1 is 1.56 bits per heavy atom. The van der Waals surface area contributed by atoms with Gasteiger partial charge in [-0.05, 0) is 18.2 Å². The lowest BCUT2D eigenvalue weighted by molar-refractivity contribution is -0.422. The number of hydrogen-bond acceptors (Lipinski definition) is 4. The van der Waals surface area contributed by atoms with Crippen molar-refractivity contribution in [2.45, 2.75) is 20.3 Å². The van der Waals surface area contributed by atoms with Crippen LogP contribution < -0.4 is 4.74 Å². The largest absolute Gasteiger partial charge is 0.426 e. The SMILES string of the molecule is CCC(=O)Oc1ccc(Br)cc1/C=C(\C)[N+](=O)[O-]. The number of allylic oxidation sites excluding steroid dienone is 1. The molecule has 6 heteroatoms. The molecule has 1 aromatic rings. The van der Waals surface area contributed by atoms with Gasteiger partial charge in [0, 0.05) is 29.5 Å². The highest BCUT2D eigenvalue weighted by atomic mass is 79.9. The highest BCUT2D eigenvalue weighted by Gasteiger charge is 2.10. The molecule has 0 amide bonds. The summed E-state index contributed by atoms with van der Waals surface area (Å²) < 4.78 is 5.85. The van der Waals surface area contributed by atoms with Gasteiger partial charge in [-0.2, -0.15) is 0 Å². The predicted molar refractivity (Wildman–Crippen MR) is 70.7 cm³/mol. The lowest BCUT2D eigenvalue weighted by Crippen LogP contribution is -2.06. The summed E-state index contributed by atoms with van der Waals surface area (Å²) in [5.41, 5.74) is 0.460. The lowest BCUT2D eigenvalue weighted by atomic mass is 10.1. The Bertz CT molecular complexity index is 511. The van der Waals surface area contributed by atoms with E-state index in [0.717, 1.165) is 4.47 Å². The molecule has 5 nitrogen and oxygen atoms in total. The van der Waals surface area contributed by atoms with Crippen LogP contribution in [0.4, 0.5) is 0 Å². The number of nitrogens with zero attached hydrogens (tertiary/aromatic N) is 1. The van der Waals surface area contributed by atoms with Crippen molar-refractivity contribution in [2.24, 2.45) is 0 Å². The van der Waals surface area contributed by atoms with E-state index in [4.69, 9.17) is 4.74 Å². The zero-order valence-corrected chi connectivity index (χ0v) is 11.6. The quantitative estimate of drug-likeness (QED) is 0.370. The van der Waals surface area contributed by atoms with Gasteiger partial charge in [0.2, 0.25) is 5.70 Å². The normalized spacial score (nSPS) is 11.2. The molecule has 0 saturated carbocycles. The van der Waals surface area contributed by atoms with E-state index in [1.54, 1.807) is 25.1 Å². The third-order valence-electron chi connectivity index (χ3n) is 2.14. The number of hydrogen-bond donors (Lipinski definition) is 0. The van der Waals surface area contributed by atoms with Gasteiger partial charge >= 0.3 is 5.97 Å².